The van der Waals surface area contributed by atoms with E-state index in [4.69, 9.17) is 9.47 Å². The number of alkyl carbamates (subject to hydrolysis) is 1. The molecule has 0 bridgehead atoms. The molecule has 33 heavy (non-hydrogen) atoms. The fourth-order valence-corrected chi connectivity index (χ4v) is 4.37. The summed E-state index contributed by atoms with van der Waals surface area (Å²) in [6, 6.07) is 13.9. The van der Waals surface area contributed by atoms with E-state index >= 15 is 0 Å². The molecule has 2 aromatic carbocycles. The van der Waals surface area contributed by atoms with Crippen LogP contribution >= 0.6 is 11.8 Å². The summed E-state index contributed by atoms with van der Waals surface area (Å²) in [6.07, 6.45) is 1.49. The number of carbonyl (C=O) groups excluding carboxylic acids is 2. The quantitative estimate of drug-likeness (QED) is 0.461. The average molecular weight is 473 g/mol. The fourth-order valence-electron chi connectivity index (χ4n) is 3.90. The van der Waals surface area contributed by atoms with Gasteiger partial charge in [0.2, 0.25) is 5.91 Å². The van der Waals surface area contributed by atoms with Crippen LogP contribution in [-0.4, -0.2) is 67.5 Å². The first-order valence-electron chi connectivity index (χ1n) is 10.6. The van der Waals surface area contributed by atoms with Gasteiger partial charge < -0.3 is 25.2 Å². The zero-order chi connectivity index (χ0) is 23.8. The molecule has 1 aliphatic carbocycles. The molecule has 0 fully saturated rings. The van der Waals surface area contributed by atoms with E-state index in [1.54, 1.807) is 0 Å². The monoisotopic (exact) mass is 472 g/mol. The first-order valence-corrected chi connectivity index (χ1v) is 12.0. The Labute approximate surface area is 197 Å². The smallest absolute Gasteiger partial charge is 0.407 e. The molecule has 2 atom stereocenters. The molecule has 2 aromatic rings. The van der Waals surface area contributed by atoms with Gasteiger partial charge in [-0.05, 0) is 40.7 Å². The van der Waals surface area contributed by atoms with Gasteiger partial charge in [0, 0.05) is 13.0 Å². The number of thioether (sulfide) groups is 1. The number of ether oxygens (including phenoxy) is 2. The SMILES string of the molecule is COC[C@H](NC(=O)C(CCSC)NC(=O)OCC1c2ccccc2-c2ccccc21)C(=O)O. The van der Waals surface area contributed by atoms with E-state index in [9.17, 15) is 19.5 Å². The van der Waals surface area contributed by atoms with Crippen LogP contribution in [0.4, 0.5) is 4.79 Å². The zero-order valence-electron chi connectivity index (χ0n) is 18.6. The first kappa shape index (κ1) is 24.6. The van der Waals surface area contributed by atoms with Gasteiger partial charge in [-0.2, -0.15) is 11.8 Å². The Bertz CT molecular complexity index is 953. The van der Waals surface area contributed by atoms with E-state index < -0.39 is 30.1 Å². The summed E-state index contributed by atoms with van der Waals surface area (Å²) in [6.45, 7) is -0.0561. The van der Waals surface area contributed by atoms with Gasteiger partial charge in [-0.1, -0.05) is 48.5 Å². The molecule has 3 N–H and O–H groups in total. The highest BCUT2D eigenvalue weighted by Gasteiger charge is 2.30. The Morgan fingerprint density at radius 3 is 2.15 bits per heavy atom. The van der Waals surface area contributed by atoms with Crippen LogP contribution in [0.15, 0.2) is 48.5 Å². The van der Waals surface area contributed by atoms with E-state index in [1.165, 1.54) is 18.9 Å². The van der Waals surface area contributed by atoms with Crippen molar-refractivity contribution in [3.63, 3.8) is 0 Å². The van der Waals surface area contributed by atoms with E-state index in [0.29, 0.717) is 12.2 Å². The molecule has 3 rings (SSSR count). The number of carbonyl (C=O) groups is 3. The minimum Gasteiger partial charge on any atom is -0.480 e. The molecule has 1 aliphatic rings. The van der Waals surface area contributed by atoms with Gasteiger partial charge in [0.1, 0.15) is 12.6 Å². The molecule has 0 spiro atoms. The van der Waals surface area contributed by atoms with Crippen LogP contribution in [0.1, 0.15) is 23.5 Å². The van der Waals surface area contributed by atoms with E-state index in [2.05, 4.69) is 22.8 Å². The maximum atomic E-state index is 12.7. The molecule has 0 heterocycles. The molecular formula is C24H28N2O6S. The van der Waals surface area contributed by atoms with Gasteiger partial charge in [-0.25, -0.2) is 9.59 Å². The minimum atomic E-state index is -1.21. The molecule has 0 aliphatic heterocycles. The Kier molecular flexibility index (Phi) is 8.73. The van der Waals surface area contributed by atoms with Crippen molar-refractivity contribution in [2.24, 2.45) is 0 Å². The summed E-state index contributed by atoms with van der Waals surface area (Å²) < 4.78 is 10.4. The lowest BCUT2D eigenvalue weighted by Crippen LogP contribution is -2.53. The normalized spacial score (nSPS) is 14.0. The summed E-state index contributed by atoms with van der Waals surface area (Å²) in [4.78, 5) is 36.6. The van der Waals surface area contributed by atoms with Crippen molar-refractivity contribution in [2.75, 3.05) is 32.3 Å². The number of methoxy groups -OCH3 is 1. The standard InChI is InChI=1S/C24H28N2O6S/c1-31-14-21(23(28)29)25-22(27)20(11-12-33-2)26-24(30)32-13-19-17-9-5-3-7-15(17)16-8-4-6-10-18(16)19/h3-10,19-21H,11-14H2,1-2H3,(H,25,27)(H,26,30)(H,28,29)/t20?,21-/m0/s1. The molecule has 0 radical (unpaired) electrons. The summed E-state index contributed by atoms with van der Waals surface area (Å²) in [5, 5.41) is 14.2. The van der Waals surface area contributed by atoms with Crippen LogP contribution in [0.2, 0.25) is 0 Å². The second-order valence-electron chi connectivity index (χ2n) is 7.66. The van der Waals surface area contributed by atoms with E-state index in [0.717, 1.165) is 22.3 Å². The number of benzene rings is 2. The number of aliphatic carboxylic acids is 1. The maximum absolute atomic E-state index is 12.7. The van der Waals surface area contributed by atoms with Gasteiger partial charge in [0.05, 0.1) is 6.61 Å². The third-order valence-corrected chi connectivity index (χ3v) is 6.15. The van der Waals surface area contributed by atoms with Crippen molar-refractivity contribution in [2.45, 2.75) is 24.4 Å². The van der Waals surface area contributed by atoms with Gasteiger partial charge in [0.25, 0.3) is 0 Å². The van der Waals surface area contributed by atoms with Crippen molar-refractivity contribution in [3.8, 4) is 11.1 Å². The Morgan fingerprint density at radius 1 is 1.00 bits per heavy atom. The van der Waals surface area contributed by atoms with Crippen LogP contribution in [-0.2, 0) is 19.1 Å². The molecule has 176 valence electrons. The molecule has 0 aromatic heterocycles. The zero-order valence-corrected chi connectivity index (χ0v) is 19.4. The third-order valence-electron chi connectivity index (χ3n) is 5.51. The first-order chi connectivity index (χ1) is 16.0. The predicted molar refractivity (Wildman–Crippen MR) is 126 cm³/mol. The van der Waals surface area contributed by atoms with Crippen LogP contribution in [0, 0.1) is 0 Å². The number of hydrogen-bond donors (Lipinski definition) is 3. The number of carboxylic acids is 1. The average Bonchev–Trinajstić information content (AvgIpc) is 3.13. The molecule has 8 nitrogen and oxygen atoms in total. The lowest BCUT2D eigenvalue weighted by Gasteiger charge is -2.21. The molecule has 0 saturated carbocycles. The Morgan fingerprint density at radius 2 is 1.61 bits per heavy atom. The van der Waals surface area contributed by atoms with Crippen molar-refractivity contribution < 1.29 is 29.0 Å². The Hall–Kier alpha value is -3.04. The number of nitrogens with one attached hydrogen (secondary N) is 2. The lowest BCUT2D eigenvalue weighted by atomic mass is 9.98. The van der Waals surface area contributed by atoms with Crippen molar-refractivity contribution >= 4 is 29.7 Å². The van der Waals surface area contributed by atoms with Crippen LogP contribution < -0.4 is 10.6 Å². The third kappa shape index (κ3) is 6.06. The molecule has 9 heteroatoms. The molecule has 0 saturated heterocycles. The highest BCUT2D eigenvalue weighted by molar-refractivity contribution is 7.98. The van der Waals surface area contributed by atoms with Gasteiger partial charge in [-0.3, -0.25) is 4.79 Å². The van der Waals surface area contributed by atoms with Crippen molar-refractivity contribution in [1.82, 2.24) is 10.6 Å². The second-order valence-corrected chi connectivity index (χ2v) is 8.64. The predicted octanol–water partition coefficient (Wildman–Crippen LogP) is 2.86. The van der Waals surface area contributed by atoms with Crippen molar-refractivity contribution in [3.05, 3.63) is 59.7 Å². The minimum absolute atomic E-state index is 0.0975. The molecule has 2 amide bonds. The van der Waals surface area contributed by atoms with Gasteiger partial charge >= 0.3 is 12.1 Å². The van der Waals surface area contributed by atoms with Gasteiger partial charge in [0.15, 0.2) is 6.04 Å². The summed E-state index contributed by atoms with van der Waals surface area (Å²) in [7, 11) is 1.35. The highest BCUT2D eigenvalue weighted by Crippen LogP contribution is 2.44. The van der Waals surface area contributed by atoms with Gasteiger partial charge in [-0.15, -0.1) is 0 Å². The fraction of sp³-hybridized carbons (Fsp3) is 0.375. The number of carboxylic acid groups (broad SMARTS) is 1. The number of fused-ring (bicyclic) bond motifs is 3. The Balaban J connectivity index is 1.65. The van der Waals surface area contributed by atoms with E-state index in [-0.39, 0.29) is 19.1 Å². The lowest BCUT2D eigenvalue weighted by molar-refractivity contribution is -0.143. The summed E-state index contributed by atoms with van der Waals surface area (Å²) in [5.41, 5.74) is 4.42. The highest BCUT2D eigenvalue weighted by atomic mass is 32.2. The summed E-state index contributed by atoms with van der Waals surface area (Å²) >= 11 is 1.52. The maximum Gasteiger partial charge on any atom is 0.407 e. The van der Waals surface area contributed by atoms with Crippen LogP contribution in [0.25, 0.3) is 11.1 Å². The summed E-state index contributed by atoms with van der Waals surface area (Å²) in [5.74, 6) is -1.30. The van der Waals surface area contributed by atoms with E-state index in [1.807, 2.05) is 42.7 Å². The molecular weight excluding hydrogens is 444 g/mol. The molecule has 1 unspecified atom stereocenters. The second kappa shape index (κ2) is 11.7. The topological polar surface area (TPSA) is 114 Å². The van der Waals surface area contributed by atoms with Crippen LogP contribution in [0.3, 0.4) is 0 Å². The van der Waals surface area contributed by atoms with Crippen LogP contribution in [0.5, 0.6) is 0 Å². The number of rotatable bonds is 11. The number of amides is 2. The van der Waals surface area contributed by atoms with Crippen molar-refractivity contribution in [1.29, 1.82) is 0 Å². The largest absolute Gasteiger partial charge is 0.480 e. The number of hydrogen-bond acceptors (Lipinski definition) is 6.